The van der Waals surface area contributed by atoms with Crippen molar-refractivity contribution >= 4 is 23.4 Å². The molecule has 2 N–H and O–H groups in total. The highest BCUT2D eigenvalue weighted by molar-refractivity contribution is 6.02. The van der Waals surface area contributed by atoms with Crippen molar-refractivity contribution in [3.63, 3.8) is 0 Å². The van der Waals surface area contributed by atoms with E-state index in [1.807, 2.05) is 32.9 Å². The van der Waals surface area contributed by atoms with Crippen LogP contribution in [0.2, 0.25) is 0 Å². The van der Waals surface area contributed by atoms with Crippen LogP contribution >= 0.6 is 0 Å². The van der Waals surface area contributed by atoms with Gasteiger partial charge in [0.1, 0.15) is 17.4 Å². The number of rotatable bonds is 7. The minimum atomic E-state index is -1.13. The Hall–Kier alpha value is -2.87. The van der Waals surface area contributed by atoms with Gasteiger partial charge >= 0.3 is 0 Å². The lowest BCUT2D eigenvalue weighted by atomic mass is 9.74. The molecule has 0 radical (unpaired) electrons. The molecular formula is C28H37N3O5. The maximum absolute atomic E-state index is 13.8. The van der Waals surface area contributed by atoms with E-state index in [1.54, 1.807) is 29.2 Å². The Morgan fingerprint density at radius 3 is 2.56 bits per heavy atom. The molecule has 1 saturated carbocycles. The SMILES string of the molecule is CCOc1ccc(NC(=O)[C@H]2[C@H]3C=C[C@@]4(O3)[C@H]2C(=O)N(C(C)C)[C@@H]4C(=O)N[C@H]2CCCC[C@@H]2C)cc1. The quantitative estimate of drug-likeness (QED) is 0.566. The molecule has 3 amide bonds. The fraction of sp³-hybridized carbons (Fsp3) is 0.607. The first kappa shape index (κ1) is 24.8. The normalized spacial score (nSPS) is 34.7. The summed E-state index contributed by atoms with van der Waals surface area (Å²) < 4.78 is 11.9. The average molecular weight is 496 g/mol. The molecule has 0 aromatic heterocycles. The van der Waals surface area contributed by atoms with Crippen LogP contribution in [-0.2, 0) is 19.1 Å². The number of hydrogen-bond donors (Lipinski definition) is 2. The zero-order chi connectivity index (χ0) is 25.6. The van der Waals surface area contributed by atoms with E-state index in [-0.39, 0.29) is 29.8 Å². The largest absolute Gasteiger partial charge is 0.494 e. The van der Waals surface area contributed by atoms with Crippen molar-refractivity contribution in [2.45, 2.75) is 83.2 Å². The number of anilines is 1. The molecule has 3 aliphatic heterocycles. The highest BCUT2D eigenvalue weighted by atomic mass is 16.5. The Kier molecular flexibility index (Phi) is 6.57. The number of benzene rings is 1. The monoisotopic (exact) mass is 495 g/mol. The van der Waals surface area contributed by atoms with Gasteiger partial charge in [-0.3, -0.25) is 14.4 Å². The van der Waals surface area contributed by atoms with E-state index in [2.05, 4.69) is 17.6 Å². The summed E-state index contributed by atoms with van der Waals surface area (Å²) in [6.45, 7) is 8.46. The summed E-state index contributed by atoms with van der Waals surface area (Å²) in [5.41, 5.74) is -0.509. The second-order valence-corrected chi connectivity index (χ2v) is 10.9. The van der Waals surface area contributed by atoms with E-state index in [4.69, 9.17) is 9.47 Å². The van der Waals surface area contributed by atoms with Gasteiger partial charge in [-0.15, -0.1) is 0 Å². The van der Waals surface area contributed by atoms with Crippen molar-refractivity contribution in [1.82, 2.24) is 10.2 Å². The second kappa shape index (κ2) is 9.54. The van der Waals surface area contributed by atoms with Crippen LogP contribution in [0.3, 0.4) is 0 Å². The van der Waals surface area contributed by atoms with E-state index in [0.717, 1.165) is 25.0 Å². The predicted octanol–water partition coefficient (Wildman–Crippen LogP) is 3.28. The van der Waals surface area contributed by atoms with Gasteiger partial charge in [-0.05, 0) is 63.8 Å². The average Bonchev–Trinajstić information content (AvgIpc) is 3.49. The van der Waals surface area contributed by atoms with Crippen molar-refractivity contribution in [3.8, 4) is 5.75 Å². The van der Waals surface area contributed by atoms with Gasteiger partial charge < -0.3 is 25.0 Å². The van der Waals surface area contributed by atoms with Crippen LogP contribution in [0, 0.1) is 17.8 Å². The molecule has 3 fully saturated rings. The first-order chi connectivity index (χ1) is 17.3. The maximum atomic E-state index is 13.8. The molecule has 4 aliphatic rings. The van der Waals surface area contributed by atoms with E-state index < -0.39 is 29.6 Å². The van der Waals surface area contributed by atoms with Crippen LogP contribution in [0.15, 0.2) is 36.4 Å². The molecule has 36 heavy (non-hydrogen) atoms. The van der Waals surface area contributed by atoms with Gasteiger partial charge in [-0.25, -0.2) is 0 Å². The lowest BCUT2D eigenvalue weighted by molar-refractivity contribution is -0.143. The van der Waals surface area contributed by atoms with Gasteiger partial charge in [0.15, 0.2) is 0 Å². The third kappa shape index (κ3) is 3.99. The van der Waals surface area contributed by atoms with Gasteiger partial charge in [0.25, 0.3) is 0 Å². The fourth-order valence-electron chi connectivity index (χ4n) is 6.58. The van der Waals surface area contributed by atoms with E-state index >= 15 is 0 Å². The molecule has 8 nitrogen and oxygen atoms in total. The number of amides is 3. The van der Waals surface area contributed by atoms with E-state index in [9.17, 15) is 14.4 Å². The molecule has 5 rings (SSSR count). The van der Waals surface area contributed by atoms with Crippen molar-refractivity contribution in [2.24, 2.45) is 17.8 Å². The minimum Gasteiger partial charge on any atom is -0.494 e. The molecule has 1 aliphatic carbocycles. The number of ether oxygens (including phenoxy) is 2. The Morgan fingerprint density at radius 2 is 1.89 bits per heavy atom. The van der Waals surface area contributed by atoms with E-state index in [0.29, 0.717) is 18.2 Å². The molecule has 2 bridgehead atoms. The summed E-state index contributed by atoms with van der Waals surface area (Å²) in [6, 6.07) is 6.24. The van der Waals surface area contributed by atoms with Gasteiger partial charge in [0.05, 0.1) is 24.5 Å². The molecule has 3 heterocycles. The second-order valence-electron chi connectivity index (χ2n) is 10.9. The van der Waals surface area contributed by atoms with Gasteiger partial charge in [-0.1, -0.05) is 31.9 Å². The zero-order valence-electron chi connectivity index (χ0n) is 21.5. The first-order valence-corrected chi connectivity index (χ1v) is 13.3. The Bertz CT molecular complexity index is 1050. The van der Waals surface area contributed by atoms with Gasteiger partial charge in [0, 0.05) is 17.8 Å². The van der Waals surface area contributed by atoms with Crippen LogP contribution in [0.25, 0.3) is 0 Å². The number of fused-ring (bicyclic) bond motifs is 1. The topological polar surface area (TPSA) is 97.0 Å². The summed E-state index contributed by atoms with van der Waals surface area (Å²) in [6.07, 6.45) is 7.46. The summed E-state index contributed by atoms with van der Waals surface area (Å²) in [5.74, 6) is -0.986. The number of likely N-dealkylation sites (tertiary alicyclic amines) is 1. The number of nitrogens with one attached hydrogen (secondary N) is 2. The minimum absolute atomic E-state index is 0.0900. The molecule has 7 atom stereocenters. The van der Waals surface area contributed by atoms with Crippen LogP contribution in [-0.4, -0.2) is 59.1 Å². The van der Waals surface area contributed by atoms with Crippen molar-refractivity contribution in [1.29, 1.82) is 0 Å². The zero-order valence-corrected chi connectivity index (χ0v) is 21.5. The molecule has 8 heteroatoms. The highest BCUT2D eigenvalue weighted by Crippen LogP contribution is 2.55. The number of carbonyl (C=O) groups excluding carboxylic acids is 3. The van der Waals surface area contributed by atoms with Crippen molar-refractivity contribution in [3.05, 3.63) is 36.4 Å². The van der Waals surface area contributed by atoms with Crippen LogP contribution < -0.4 is 15.4 Å². The lowest BCUT2D eigenvalue weighted by Crippen LogP contribution is -2.58. The Morgan fingerprint density at radius 1 is 1.17 bits per heavy atom. The lowest BCUT2D eigenvalue weighted by Gasteiger charge is -2.37. The third-order valence-electron chi connectivity index (χ3n) is 8.29. The predicted molar refractivity (Wildman–Crippen MR) is 135 cm³/mol. The summed E-state index contributed by atoms with van der Waals surface area (Å²) in [5, 5.41) is 6.19. The smallest absolute Gasteiger partial charge is 0.246 e. The Labute approximate surface area is 212 Å². The molecule has 0 unspecified atom stereocenters. The van der Waals surface area contributed by atoms with Crippen LogP contribution in [0.5, 0.6) is 5.75 Å². The fourth-order valence-corrected chi connectivity index (χ4v) is 6.58. The van der Waals surface area contributed by atoms with Gasteiger partial charge in [-0.2, -0.15) is 0 Å². The number of carbonyl (C=O) groups is 3. The van der Waals surface area contributed by atoms with Crippen LogP contribution in [0.1, 0.15) is 53.4 Å². The molecule has 1 aromatic carbocycles. The van der Waals surface area contributed by atoms with Crippen LogP contribution in [0.4, 0.5) is 5.69 Å². The summed E-state index contributed by atoms with van der Waals surface area (Å²) in [4.78, 5) is 42.7. The molecular weight excluding hydrogens is 458 g/mol. The molecule has 194 valence electrons. The number of hydrogen-bond acceptors (Lipinski definition) is 5. The van der Waals surface area contributed by atoms with Crippen molar-refractivity contribution in [2.75, 3.05) is 11.9 Å². The summed E-state index contributed by atoms with van der Waals surface area (Å²) in [7, 11) is 0. The van der Waals surface area contributed by atoms with E-state index in [1.165, 1.54) is 6.42 Å². The van der Waals surface area contributed by atoms with Crippen molar-refractivity contribution < 1.29 is 23.9 Å². The standard InChI is InChI=1S/C28H37N3O5/c1-5-35-19-12-10-18(11-13-19)29-25(32)22-21-14-15-28(36-21)23(22)27(34)31(16(2)3)24(28)26(33)30-20-9-7-6-8-17(20)4/h10-17,20-24H,5-9H2,1-4H3,(H,29,32)(H,30,33)/t17-,20-,21+,22-,23+,24+,28+/m0/s1. The highest BCUT2D eigenvalue weighted by Gasteiger charge is 2.73. The first-order valence-electron chi connectivity index (χ1n) is 13.3. The molecule has 1 spiro atoms. The number of nitrogens with zero attached hydrogens (tertiary/aromatic N) is 1. The Balaban J connectivity index is 1.39. The summed E-state index contributed by atoms with van der Waals surface area (Å²) >= 11 is 0. The van der Waals surface area contributed by atoms with Gasteiger partial charge in [0.2, 0.25) is 17.7 Å². The molecule has 2 saturated heterocycles. The molecule has 1 aromatic rings. The maximum Gasteiger partial charge on any atom is 0.246 e. The third-order valence-corrected chi connectivity index (χ3v) is 8.29.